The minimum absolute atomic E-state index is 0.512. The molecule has 0 bridgehead atoms. The lowest BCUT2D eigenvalue weighted by molar-refractivity contribution is 0.298. The van der Waals surface area contributed by atoms with Crippen LogP contribution < -0.4 is 5.32 Å². The van der Waals surface area contributed by atoms with Gasteiger partial charge >= 0.3 is 0 Å². The van der Waals surface area contributed by atoms with Crippen LogP contribution in [0.3, 0.4) is 0 Å². The maximum Gasteiger partial charge on any atom is 0.224 e. The Labute approximate surface area is 121 Å². The molecule has 1 N–H and O–H groups in total. The van der Waals surface area contributed by atoms with Crippen molar-refractivity contribution in [2.75, 3.05) is 31.5 Å². The lowest BCUT2D eigenvalue weighted by Gasteiger charge is -2.17. The lowest BCUT2D eigenvalue weighted by Crippen LogP contribution is -2.24. The Kier molecular flexibility index (Phi) is 7.75. The van der Waals surface area contributed by atoms with Crippen LogP contribution in [0.2, 0.25) is 5.15 Å². The van der Waals surface area contributed by atoms with Gasteiger partial charge in [0.1, 0.15) is 5.15 Å². The summed E-state index contributed by atoms with van der Waals surface area (Å²) in [4.78, 5) is 11.0. The first-order valence-corrected chi connectivity index (χ1v) is 7.57. The van der Waals surface area contributed by atoms with Gasteiger partial charge in [0.05, 0.1) is 0 Å². The molecule has 0 aliphatic rings. The third kappa shape index (κ3) is 6.21. The first kappa shape index (κ1) is 16.2. The molecule has 0 aliphatic carbocycles. The van der Waals surface area contributed by atoms with Crippen LogP contribution in [0.15, 0.2) is 6.07 Å². The predicted molar refractivity (Wildman–Crippen MR) is 81.9 cm³/mol. The zero-order valence-corrected chi connectivity index (χ0v) is 13.0. The van der Waals surface area contributed by atoms with Gasteiger partial charge in [-0.2, -0.15) is 0 Å². The predicted octanol–water partition coefficient (Wildman–Crippen LogP) is 3.23. The van der Waals surface area contributed by atoms with Gasteiger partial charge in [-0.25, -0.2) is 9.97 Å². The Bertz CT molecular complexity index is 366. The molecule has 4 nitrogen and oxygen atoms in total. The molecule has 0 spiro atoms. The van der Waals surface area contributed by atoms with Gasteiger partial charge in [-0.1, -0.05) is 32.4 Å². The third-order valence-corrected chi connectivity index (χ3v) is 3.38. The smallest absolute Gasteiger partial charge is 0.224 e. The fraction of sp³-hybridized carbons (Fsp3) is 0.714. The van der Waals surface area contributed by atoms with Gasteiger partial charge in [0, 0.05) is 12.2 Å². The number of unbranched alkanes of at least 4 members (excludes halogenated alkanes) is 1. The van der Waals surface area contributed by atoms with E-state index in [2.05, 4.69) is 41.0 Å². The number of hydrogen-bond donors (Lipinski definition) is 1. The molecule has 0 amide bonds. The van der Waals surface area contributed by atoms with E-state index in [1.165, 1.54) is 6.42 Å². The monoisotopic (exact) mass is 284 g/mol. The second-order valence-corrected chi connectivity index (χ2v) is 4.91. The largest absolute Gasteiger partial charge is 0.354 e. The molecule has 5 heteroatoms. The van der Waals surface area contributed by atoms with Crippen LogP contribution in [0.1, 0.15) is 39.3 Å². The highest BCUT2D eigenvalue weighted by Crippen LogP contribution is 2.11. The molecule has 0 saturated heterocycles. The van der Waals surface area contributed by atoms with E-state index in [4.69, 9.17) is 11.6 Å². The highest BCUT2D eigenvalue weighted by Gasteiger charge is 2.02. The van der Waals surface area contributed by atoms with Gasteiger partial charge in [0.2, 0.25) is 5.95 Å². The van der Waals surface area contributed by atoms with E-state index >= 15 is 0 Å². The number of aryl methyl sites for hydroxylation is 1. The lowest BCUT2D eigenvalue weighted by atomic mass is 10.3. The minimum Gasteiger partial charge on any atom is -0.354 e. The molecule has 0 atom stereocenters. The van der Waals surface area contributed by atoms with Crippen molar-refractivity contribution in [1.82, 2.24) is 14.9 Å². The summed E-state index contributed by atoms with van der Waals surface area (Å²) in [7, 11) is 0. The Morgan fingerprint density at radius 1 is 1.16 bits per heavy atom. The summed E-state index contributed by atoms with van der Waals surface area (Å²) in [5.74, 6) is 0.646. The Morgan fingerprint density at radius 3 is 2.53 bits per heavy atom. The fourth-order valence-electron chi connectivity index (χ4n) is 1.92. The SMILES string of the molecule is CCc1cc(Cl)nc(NCCCCN(CC)CC)n1. The molecule has 0 radical (unpaired) electrons. The number of aromatic nitrogens is 2. The quantitative estimate of drug-likeness (QED) is 0.558. The zero-order chi connectivity index (χ0) is 14.1. The summed E-state index contributed by atoms with van der Waals surface area (Å²) in [6.45, 7) is 10.8. The molecule has 0 fully saturated rings. The van der Waals surface area contributed by atoms with Crippen molar-refractivity contribution in [3.8, 4) is 0 Å². The van der Waals surface area contributed by atoms with Crippen LogP contribution in [0, 0.1) is 0 Å². The normalized spacial score (nSPS) is 11.0. The number of anilines is 1. The molecule has 0 unspecified atom stereocenters. The molecule has 19 heavy (non-hydrogen) atoms. The van der Waals surface area contributed by atoms with Crippen molar-refractivity contribution in [3.63, 3.8) is 0 Å². The Balaban J connectivity index is 2.27. The molecule has 1 rings (SSSR count). The molecule has 1 aromatic rings. The summed E-state index contributed by atoms with van der Waals surface area (Å²) in [5.41, 5.74) is 0.977. The van der Waals surface area contributed by atoms with Crippen molar-refractivity contribution < 1.29 is 0 Å². The van der Waals surface area contributed by atoms with Crippen molar-refractivity contribution in [1.29, 1.82) is 0 Å². The number of halogens is 1. The summed E-state index contributed by atoms with van der Waals surface area (Å²) in [5, 5.41) is 3.76. The second-order valence-electron chi connectivity index (χ2n) is 4.52. The van der Waals surface area contributed by atoms with Crippen LogP contribution >= 0.6 is 11.6 Å². The molecule has 0 aromatic carbocycles. The maximum atomic E-state index is 5.95. The maximum absolute atomic E-state index is 5.95. The molecule has 1 aromatic heterocycles. The van der Waals surface area contributed by atoms with Gasteiger partial charge in [-0.15, -0.1) is 0 Å². The van der Waals surface area contributed by atoms with E-state index in [0.29, 0.717) is 11.1 Å². The zero-order valence-electron chi connectivity index (χ0n) is 12.2. The van der Waals surface area contributed by atoms with Crippen LogP contribution in [0.25, 0.3) is 0 Å². The van der Waals surface area contributed by atoms with Crippen LogP contribution in [0.4, 0.5) is 5.95 Å². The second kappa shape index (κ2) is 9.10. The van der Waals surface area contributed by atoms with E-state index in [-0.39, 0.29) is 0 Å². The standard InChI is InChI=1S/C14H25ClN4/c1-4-12-11-13(15)18-14(17-12)16-9-7-8-10-19(5-2)6-3/h11H,4-10H2,1-3H3,(H,16,17,18). The number of hydrogen-bond acceptors (Lipinski definition) is 4. The average Bonchev–Trinajstić information content (AvgIpc) is 2.42. The Hall–Kier alpha value is -0.870. The summed E-state index contributed by atoms with van der Waals surface area (Å²) in [6.07, 6.45) is 3.18. The third-order valence-electron chi connectivity index (χ3n) is 3.19. The number of rotatable bonds is 9. The highest BCUT2D eigenvalue weighted by atomic mass is 35.5. The summed E-state index contributed by atoms with van der Waals surface area (Å²) in [6, 6.07) is 1.81. The number of nitrogens with one attached hydrogen (secondary N) is 1. The first-order valence-electron chi connectivity index (χ1n) is 7.19. The van der Waals surface area contributed by atoms with E-state index < -0.39 is 0 Å². The van der Waals surface area contributed by atoms with Crippen LogP contribution in [-0.2, 0) is 6.42 Å². The van der Waals surface area contributed by atoms with Crippen molar-refractivity contribution in [2.24, 2.45) is 0 Å². The van der Waals surface area contributed by atoms with Crippen molar-refractivity contribution in [3.05, 3.63) is 16.9 Å². The van der Waals surface area contributed by atoms with Gasteiger partial charge < -0.3 is 10.2 Å². The van der Waals surface area contributed by atoms with E-state index in [9.17, 15) is 0 Å². The van der Waals surface area contributed by atoms with Crippen LogP contribution in [-0.4, -0.2) is 41.0 Å². The van der Waals surface area contributed by atoms with E-state index in [1.54, 1.807) is 0 Å². The Morgan fingerprint density at radius 2 is 1.89 bits per heavy atom. The molecule has 108 valence electrons. The summed E-state index contributed by atoms with van der Waals surface area (Å²) < 4.78 is 0. The molecule has 0 aliphatic heterocycles. The minimum atomic E-state index is 0.512. The van der Waals surface area contributed by atoms with Crippen molar-refractivity contribution in [2.45, 2.75) is 40.0 Å². The van der Waals surface area contributed by atoms with Gasteiger partial charge in [0.15, 0.2) is 0 Å². The van der Waals surface area contributed by atoms with Crippen molar-refractivity contribution >= 4 is 17.5 Å². The van der Waals surface area contributed by atoms with Gasteiger partial charge in [-0.3, -0.25) is 0 Å². The fourth-order valence-corrected chi connectivity index (χ4v) is 2.13. The van der Waals surface area contributed by atoms with E-state index in [0.717, 1.165) is 44.7 Å². The number of nitrogens with zero attached hydrogens (tertiary/aromatic N) is 3. The first-order chi connectivity index (χ1) is 9.19. The molecular formula is C14H25ClN4. The van der Waals surface area contributed by atoms with Crippen LogP contribution in [0.5, 0.6) is 0 Å². The van der Waals surface area contributed by atoms with E-state index in [1.807, 2.05) is 6.07 Å². The molecular weight excluding hydrogens is 260 g/mol. The van der Waals surface area contributed by atoms with Gasteiger partial charge in [0.25, 0.3) is 0 Å². The molecule has 0 saturated carbocycles. The topological polar surface area (TPSA) is 41.1 Å². The average molecular weight is 285 g/mol. The highest BCUT2D eigenvalue weighted by molar-refractivity contribution is 6.29. The summed E-state index contributed by atoms with van der Waals surface area (Å²) >= 11 is 5.95. The van der Waals surface area contributed by atoms with Gasteiger partial charge in [-0.05, 0) is 45.0 Å². The molecule has 1 heterocycles.